The lowest BCUT2D eigenvalue weighted by molar-refractivity contribution is 0.0957. The Labute approximate surface area is 128 Å². The second kappa shape index (κ2) is 5.71. The number of hydrogen-bond donors (Lipinski definition) is 2. The zero-order valence-corrected chi connectivity index (χ0v) is 12.3. The molecular formula is C16H17FN4O. The number of carbonyl (C=O) groups is 1. The van der Waals surface area contributed by atoms with E-state index in [1.54, 1.807) is 25.2 Å². The summed E-state index contributed by atoms with van der Waals surface area (Å²) in [5.74, 6) is 0.141. The molecule has 22 heavy (non-hydrogen) atoms. The maximum Gasteiger partial charge on any atom is 0.271 e. The molecule has 1 saturated carbocycles. The van der Waals surface area contributed by atoms with Crippen molar-refractivity contribution in [3.8, 4) is 0 Å². The number of hydrogen-bond acceptors (Lipinski definition) is 4. The third kappa shape index (κ3) is 2.77. The largest absolute Gasteiger partial charge is 0.368 e. The average molecular weight is 300 g/mol. The van der Waals surface area contributed by atoms with Crippen LogP contribution in [0, 0.1) is 5.82 Å². The van der Waals surface area contributed by atoms with Crippen molar-refractivity contribution in [2.45, 2.75) is 18.3 Å². The molecule has 0 radical (unpaired) electrons. The van der Waals surface area contributed by atoms with Crippen LogP contribution in [0.4, 0.5) is 10.2 Å². The van der Waals surface area contributed by atoms with E-state index >= 15 is 0 Å². The second-order valence-corrected chi connectivity index (χ2v) is 5.50. The summed E-state index contributed by atoms with van der Waals surface area (Å²) in [7, 11) is 1.54. The molecule has 1 heterocycles. The first-order valence-corrected chi connectivity index (χ1v) is 7.19. The fourth-order valence-electron chi connectivity index (χ4n) is 2.52. The van der Waals surface area contributed by atoms with Crippen LogP contribution >= 0.6 is 0 Å². The van der Waals surface area contributed by atoms with Gasteiger partial charge in [0.2, 0.25) is 0 Å². The minimum Gasteiger partial charge on any atom is -0.368 e. The summed E-state index contributed by atoms with van der Waals surface area (Å²) >= 11 is 0. The molecule has 1 aromatic heterocycles. The van der Waals surface area contributed by atoms with Crippen LogP contribution in [0.3, 0.4) is 0 Å². The minimum atomic E-state index is -0.274. The van der Waals surface area contributed by atoms with Gasteiger partial charge in [-0.2, -0.15) is 0 Å². The van der Waals surface area contributed by atoms with Crippen LogP contribution in [0.15, 0.2) is 36.4 Å². The molecule has 0 spiro atoms. The van der Waals surface area contributed by atoms with Crippen molar-refractivity contribution in [2.75, 3.05) is 18.9 Å². The monoisotopic (exact) mass is 300 g/mol. The molecule has 0 saturated heterocycles. The van der Waals surface area contributed by atoms with Gasteiger partial charge >= 0.3 is 0 Å². The van der Waals surface area contributed by atoms with Crippen LogP contribution in [-0.4, -0.2) is 29.7 Å². The van der Waals surface area contributed by atoms with Gasteiger partial charge in [0.25, 0.3) is 5.91 Å². The number of carbonyl (C=O) groups excluding carboxylic acids is 1. The molecule has 1 fully saturated rings. The lowest BCUT2D eigenvalue weighted by atomic mass is 9.95. The van der Waals surface area contributed by atoms with Crippen molar-refractivity contribution in [3.63, 3.8) is 0 Å². The summed E-state index contributed by atoms with van der Waals surface area (Å²) in [5, 5.41) is 13.5. The van der Waals surface area contributed by atoms with Crippen molar-refractivity contribution < 1.29 is 9.18 Å². The molecule has 0 atom stereocenters. The molecule has 5 nitrogen and oxygen atoms in total. The van der Waals surface area contributed by atoms with E-state index in [4.69, 9.17) is 0 Å². The van der Waals surface area contributed by atoms with E-state index in [1.165, 1.54) is 6.07 Å². The highest BCUT2D eigenvalue weighted by Gasteiger charge is 2.45. The lowest BCUT2D eigenvalue weighted by Gasteiger charge is -2.17. The topological polar surface area (TPSA) is 66.9 Å². The van der Waals surface area contributed by atoms with Gasteiger partial charge in [0, 0.05) is 19.0 Å². The molecule has 6 heteroatoms. The van der Waals surface area contributed by atoms with Gasteiger partial charge in [-0.3, -0.25) is 4.79 Å². The Morgan fingerprint density at radius 3 is 2.59 bits per heavy atom. The first-order chi connectivity index (χ1) is 10.6. The van der Waals surface area contributed by atoms with Crippen LogP contribution in [0.25, 0.3) is 0 Å². The van der Waals surface area contributed by atoms with Crippen LogP contribution < -0.4 is 10.6 Å². The van der Waals surface area contributed by atoms with Crippen LogP contribution in [0.5, 0.6) is 0 Å². The Morgan fingerprint density at radius 1 is 1.23 bits per heavy atom. The summed E-state index contributed by atoms with van der Waals surface area (Å²) in [6, 6.07) is 10.2. The predicted molar refractivity (Wildman–Crippen MR) is 81.2 cm³/mol. The third-order valence-corrected chi connectivity index (χ3v) is 4.03. The molecule has 114 valence electrons. The van der Waals surface area contributed by atoms with Crippen molar-refractivity contribution in [1.29, 1.82) is 0 Å². The van der Waals surface area contributed by atoms with E-state index in [9.17, 15) is 9.18 Å². The number of aromatic nitrogens is 2. The van der Waals surface area contributed by atoms with Gasteiger partial charge in [0.15, 0.2) is 5.69 Å². The fraction of sp³-hybridized carbons (Fsp3) is 0.312. The van der Waals surface area contributed by atoms with Crippen LogP contribution in [-0.2, 0) is 5.41 Å². The van der Waals surface area contributed by atoms with E-state index in [0.717, 1.165) is 18.4 Å². The van der Waals surface area contributed by atoms with Crippen molar-refractivity contribution in [3.05, 3.63) is 53.5 Å². The Hall–Kier alpha value is -2.50. The standard InChI is InChI=1S/C16H17FN4O/c1-18-15(22)13-6-7-14(21-20-13)19-10-16(8-9-16)11-4-2-3-5-12(11)17/h2-7H,8-10H2,1H3,(H,18,22)(H,19,21). The molecule has 2 N–H and O–H groups in total. The smallest absolute Gasteiger partial charge is 0.271 e. The fourth-order valence-corrected chi connectivity index (χ4v) is 2.52. The predicted octanol–water partition coefficient (Wildman–Crippen LogP) is 2.12. The molecule has 1 aliphatic rings. The number of amides is 1. The van der Waals surface area contributed by atoms with E-state index in [1.807, 2.05) is 12.1 Å². The van der Waals surface area contributed by atoms with Crippen LogP contribution in [0.1, 0.15) is 28.9 Å². The highest BCUT2D eigenvalue weighted by molar-refractivity contribution is 5.91. The molecule has 0 aliphatic heterocycles. The van der Waals surface area contributed by atoms with Gasteiger partial charge in [-0.15, -0.1) is 10.2 Å². The van der Waals surface area contributed by atoms with E-state index < -0.39 is 0 Å². The minimum absolute atomic E-state index is 0.160. The highest BCUT2D eigenvalue weighted by Crippen LogP contribution is 2.48. The summed E-state index contributed by atoms with van der Waals surface area (Å²) in [6.45, 7) is 0.599. The maximum absolute atomic E-state index is 13.9. The SMILES string of the molecule is CNC(=O)c1ccc(NCC2(c3ccccc3F)CC2)nn1. The van der Waals surface area contributed by atoms with E-state index in [2.05, 4.69) is 20.8 Å². The molecule has 1 aliphatic carbocycles. The zero-order chi connectivity index (χ0) is 15.6. The maximum atomic E-state index is 13.9. The van der Waals surface area contributed by atoms with E-state index in [-0.39, 0.29) is 22.8 Å². The lowest BCUT2D eigenvalue weighted by Crippen LogP contribution is -2.22. The van der Waals surface area contributed by atoms with Gasteiger partial charge in [-0.05, 0) is 36.6 Å². The number of nitrogens with one attached hydrogen (secondary N) is 2. The quantitative estimate of drug-likeness (QED) is 0.887. The van der Waals surface area contributed by atoms with Gasteiger partial charge < -0.3 is 10.6 Å². The number of halogens is 1. The van der Waals surface area contributed by atoms with Crippen molar-refractivity contribution >= 4 is 11.7 Å². The number of anilines is 1. The Bertz CT molecular complexity index is 683. The first-order valence-electron chi connectivity index (χ1n) is 7.19. The van der Waals surface area contributed by atoms with E-state index in [0.29, 0.717) is 12.4 Å². The first kappa shape index (κ1) is 14.4. The van der Waals surface area contributed by atoms with Gasteiger partial charge in [-0.25, -0.2) is 4.39 Å². The number of nitrogens with zero attached hydrogens (tertiary/aromatic N) is 2. The third-order valence-electron chi connectivity index (χ3n) is 4.03. The highest BCUT2D eigenvalue weighted by atomic mass is 19.1. The number of benzene rings is 1. The zero-order valence-electron chi connectivity index (χ0n) is 12.3. The average Bonchev–Trinajstić information content (AvgIpc) is 3.34. The molecule has 0 unspecified atom stereocenters. The van der Waals surface area contributed by atoms with Crippen LogP contribution in [0.2, 0.25) is 0 Å². The summed E-state index contributed by atoms with van der Waals surface area (Å²) in [6.07, 6.45) is 1.90. The number of rotatable bonds is 5. The molecule has 1 amide bonds. The van der Waals surface area contributed by atoms with Gasteiger partial charge in [0.1, 0.15) is 11.6 Å². The normalized spacial score (nSPS) is 15.2. The van der Waals surface area contributed by atoms with Crippen molar-refractivity contribution in [2.24, 2.45) is 0 Å². The molecule has 0 bridgehead atoms. The molecule has 1 aromatic carbocycles. The summed E-state index contributed by atoms with van der Waals surface area (Å²) in [5.41, 5.74) is 0.854. The second-order valence-electron chi connectivity index (χ2n) is 5.50. The summed E-state index contributed by atoms with van der Waals surface area (Å²) in [4.78, 5) is 11.4. The Kier molecular flexibility index (Phi) is 3.75. The molecule has 2 aromatic rings. The molecule has 3 rings (SSSR count). The van der Waals surface area contributed by atoms with Gasteiger partial charge in [0.05, 0.1) is 0 Å². The Morgan fingerprint density at radius 2 is 2.00 bits per heavy atom. The van der Waals surface area contributed by atoms with Gasteiger partial charge in [-0.1, -0.05) is 18.2 Å². The Balaban J connectivity index is 1.68. The van der Waals surface area contributed by atoms with Crippen molar-refractivity contribution in [1.82, 2.24) is 15.5 Å². The molecular weight excluding hydrogens is 283 g/mol. The summed E-state index contributed by atoms with van der Waals surface area (Å²) < 4.78 is 13.9.